The van der Waals surface area contributed by atoms with E-state index in [0.29, 0.717) is 5.88 Å². The Labute approximate surface area is 129 Å². The summed E-state index contributed by atoms with van der Waals surface area (Å²) >= 11 is 6.01. The van der Waals surface area contributed by atoms with Crippen LogP contribution in [0.25, 0.3) is 10.9 Å². The van der Waals surface area contributed by atoms with Crippen LogP contribution in [0.4, 0.5) is 0 Å². The maximum absolute atomic E-state index is 6.01. The van der Waals surface area contributed by atoms with Crippen LogP contribution >= 0.6 is 11.6 Å². The average molecular weight is 300 g/mol. The van der Waals surface area contributed by atoms with Gasteiger partial charge in [0.15, 0.2) is 0 Å². The van der Waals surface area contributed by atoms with Crippen molar-refractivity contribution in [2.75, 3.05) is 0 Å². The molecule has 0 unspecified atom stereocenters. The molecule has 2 aromatic heterocycles. The number of halogens is 1. The average Bonchev–Trinajstić information content (AvgIpc) is 2.72. The molecule has 3 aromatic rings. The summed E-state index contributed by atoms with van der Waals surface area (Å²) in [5.41, 5.74) is 6.59. The molecule has 0 aliphatic rings. The van der Waals surface area contributed by atoms with Gasteiger partial charge in [0.25, 0.3) is 0 Å². The third-order valence-electron chi connectivity index (χ3n) is 3.92. The van der Waals surface area contributed by atoms with Crippen LogP contribution in [0.3, 0.4) is 0 Å². The van der Waals surface area contributed by atoms with E-state index in [1.54, 1.807) is 0 Å². The Kier molecular flexibility index (Phi) is 3.68. The van der Waals surface area contributed by atoms with Crippen molar-refractivity contribution in [1.82, 2.24) is 14.8 Å². The molecule has 0 spiro atoms. The van der Waals surface area contributed by atoms with Gasteiger partial charge < -0.3 is 0 Å². The Morgan fingerprint density at radius 3 is 2.62 bits per heavy atom. The molecule has 0 amide bonds. The van der Waals surface area contributed by atoms with Crippen LogP contribution in [-0.2, 0) is 12.4 Å². The molecule has 0 fully saturated rings. The first-order chi connectivity index (χ1) is 10.1. The Morgan fingerprint density at radius 1 is 1.14 bits per heavy atom. The molecule has 0 aliphatic carbocycles. The van der Waals surface area contributed by atoms with Gasteiger partial charge in [0.05, 0.1) is 23.6 Å². The SMILES string of the molecule is Cc1cc(Cn2nc(C)c(CCl)c2C)c2ccccc2n1. The monoisotopic (exact) mass is 299 g/mol. The molecule has 3 nitrogen and oxygen atoms in total. The predicted octanol–water partition coefficient (Wildman–Crippen LogP) is 4.14. The van der Waals surface area contributed by atoms with E-state index in [9.17, 15) is 0 Å². The number of aromatic nitrogens is 3. The zero-order chi connectivity index (χ0) is 15.0. The van der Waals surface area contributed by atoms with E-state index in [-0.39, 0.29) is 0 Å². The van der Waals surface area contributed by atoms with E-state index in [4.69, 9.17) is 11.6 Å². The summed E-state index contributed by atoms with van der Waals surface area (Å²) in [6.45, 7) is 6.86. The van der Waals surface area contributed by atoms with Crippen molar-refractivity contribution in [2.45, 2.75) is 33.2 Å². The lowest BCUT2D eigenvalue weighted by atomic mass is 10.1. The third-order valence-corrected chi connectivity index (χ3v) is 4.18. The van der Waals surface area contributed by atoms with Crippen LogP contribution in [0, 0.1) is 20.8 Å². The van der Waals surface area contributed by atoms with Gasteiger partial charge >= 0.3 is 0 Å². The molecule has 1 aromatic carbocycles. The van der Waals surface area contributed by atoms with Crippen molar-refractivity contribution in [1.29, 1.82) is 0 Å². The quantitative estimate of drug-likeness (QED) is 0.680. The number of rotatable bonds is 3. The molecule has 0 N–H and O–H groups in total. The van der Waals surface area contributed by atoms with E-state index >= 15 is 0 Å². The number of pyridine rings is 1. The summed E-state index contributed by atoms with van der Waals surface area (Å²) in [7, 11) is 0. The zero-order valence-electron chi connectivity index (χ0n) is 12.5. The molecule has 0 aliphatic heterocycles. The number of aryl methyl sites for hydroxylation is 2. The van der Waals surface area contributed by atoms with Gasteiger partial charge in [-0.2, -0.15) is 5.10 Å². The number of fused-ring (bicyclic) bond motifs is 1. The lowest BCUT2D eigenvalue weighted by molar-refractivity contribution is 0.660. The Balaban J connectivity index is 2.10. The second-order valence-electron chi connectivity index (χ2n) is 5.38. The topological polar surface area (TPSA) is 30.7 Å². The number of para-hydroxylation sites is 1. The van der Waals surface area contributed by atoms with Gasteiger partial charge in [0.2, 0.25) is 0 Å². The molecule has 3 rings (SSSR count). The first-order valence-corrected chi connectivity index (χ1v) is 7.57. The first kappa shape index (κ1) is 14.1. The minimum absolute atomic E-state index is 0.508. The summed E-state index contributed by atoms with van der Waals surface area (Å²) in [4.78, 5) is 4.59. The third kappa shape index (κ3) is 2.54. The Hall–Kier alpha value is -1.87. The lowest BCUT2D eigenvalue weighted by Gasteiger charge is -2.10. The molecule has 0 radical (unpaired) electrons. The van der Waals surface area contributed by atoms with E-state index in [2.05, 4.69) is 35.2 Å². The van der Waals surface area contributed by atoms with Gasteiger partial charge in [-0.3, -0.25) is 9.67 Å². The van der Waals surface area contributed by atoms with E-state index in [1.807, 2.05) is 30.7 Å². The highest BCUT2D eigenvalue weighted by atomic mass is 35.5. The second kappa shape index (κ2) is 5.49. The standard InChI is InChI=1S/C17H18ClN3/c1-11-8-14(15-6-4-5-7-17(15)19-11)10-21-13(3)16(9-18)12(2)20-21/h4-8H,9-10H2,1-3H3. The number of hydrogen-bond donors (Lipinski definition) is 0. The number of nitrogens with zero attached hydrogens (tertiary/aromatic N) is 3. The predicted molar refractivity (Wildman–Crippen MR) is 86.8 cm³/mol. The van der Waals surface area contributed by atoms with Gasteiger partial charge in [-0.25, -0.2) is 0 Å². The largest absolute Gasteiger partial charge is 0.265 e. The van der Waals surface area contributed by atoms with E-state index in [1.165, 1.54) is 10.9 Å². The van der Waals surface area contributed by atoms with E-state index < -0.39 is 0 Å². The van der Waals surface area contributed by atoms with Gasteiger partial charge in [-0.1, -0.05) is 18.2 Å². The number of hydrogen-bond acceptors (Lipinski definition) is 2. The van der Waals surface area contributed by atoms with Crippen LogP contribution in [0.15, 0.2) is 30.3 Å². The first-order valence-electron chi connectivity index (χ1n) is 7.04. The van der Waals surface area contributed by atoms with Gasteiger partial charge in [-0.15, -0.1) is 11.6 Å². The maximum Gasteiger partial charge on any atom is 0.0708 e. The van der Waals surface area contributed by atoms with Crippen molar-refractivity contribution < 1.29 is 0 Å². The summed E-state index contributed by atoms with van der Waals surface area (Å²) in [6, 6.07) is 10.4. The Bertz CT molecular complexity index is 805. The minimum Gasteiger partial charge on any atom is -0.265 e. The molecule has 0 bridgehead atoms. The number of benzene rings is 1. The Morgan fingerprint density at radius 2 is 1.90 bits per heavy atom. The van der Waals surface area contributed by atoms with Crippen LogP contribution in [0.2, 0.25) is 0 Å². The van der Waals surface area contributed by atoms with E-state index in [0.717, 1.165) is 34.7 Å². The fraction of sp³-hybridized carbons (Fsp3) is 0.294. The van der Waals surface area contributed by atoms with Crippen LogP contribution < -0.4 is 0 Å². The highest BCUT2D eigenvalue weighted by Crippen LogP contribution is 2.21. The smallest absolute Gasteiger partial charge is 0.0708 e. The molecule has 0 saturated heterocycles. The molecular formula is C17H18ClN3. The van der Waals surface area contributed by atoms with Crippen LogP contribution in [-0.4, -0.2) is 14.8 Å². The van der Waals surface area contributed by atoms with Gasteiger partial charge in [0, 0.05) is 22.3 Å². The lowest BCUT2D eigenvalue weighted by Crippen LogP contribution is -2.05. The minimum atomic E-state index is 0.508. The van der Waals surface area contributed by atoms with Crippen LogP contribution in [0.5, 0.6) is 0 Å². The molecule has 2 heterocycles. The molecule has 108 valence electrons. The molecule has 0 saturated carbocycles. The highest BCUT2D eigenvalue weighted by molar-refractivity contribution is 6.17. The maximum atomic E-state index is 6.01. The van der Waals surface area contributed by atoms with Crippen molar-refractivity contribution >= 4 is 22.5 Å². The zero-order valence-corrected chi connectivity index (χ0v) is 13.3. The highest BCUT2D eigenvalue weighted by Gasteiger charge is 2.12. The molecule has 0 atom stereocenters. The van der Waals surface area contributed by atoms with Crippen molar-refractivity contribution in [3.05, 3.63) is 58.5 Å². The van der Waals surface area contributed by atoms with Crippen molar-refractivity contribution in [3.8, 4) is 0 Å². The van der Waals surface area contributed by atoms with Gasteiger partial charge in [0.1, 0.15) is 0 Å². The van der Waals surface area contributed by atoms with Crippen LogP contribution in [0.1, 0.15) is 28.2 Å². The van der Waals surface area contributed by atoms with Gasteiger partial charge in [-0.05, 0) is 38.5 Å². The second-order valence-corrected chi connectivity index (χ2v) is 5.65. The van der Waals surface area contributed by atoms with Crippen molar-refractivity contribution in [2.24, 2.45) is 0 Å². The molecular weight excluding hydrogens is 282 g/mol. The fourth-order valence-corrected chi connectivity index (χ4v) is 3.16. The fourth-order valence-electron chi connectivity index (χ4n) is 2.77. The number of alkyl halides is 1. The summed E-state index contributed by atoms with van der Waals surface area (Å²) in [6.07, 6.45) is 0. The summed E-state index contributed by atoms with van der Waals surface area (Å²) in [5.74, 6) is 0.508. The van der Waals surface area contributed by atoms with Crippen molar-refractivity contribution in [3.63, 3.8) is 0 Å². The normalized spacial score (nSPS) is 11.2. The molecule has 21 heavy (non-hydrogen) atoms. The summed E-state index contributed by atoms with van der Waals surface area (Å²) < 4.78 is 2.04. The summed E-state index contributed by atoms with van der Waals surface area (Å²) in [5, 5.41) is 5.81. The molecule has 4 heteroatoms.